The summed E-state index contributed by atoms with van der Waals surface area (Å²) < 4.78 is 0. The van der Waals surface area contributed by atoms with E-state index in [1.165, 1.54) is 32.1 Å². The minimum atomic E-state index is -0.578. The van der Waals surface area contributed by atoms with Crippen LogP contribution in [0.4, 0.5) is 0 Å². The molecule has 1 aliphatic carbocycles. The van der Waals surface area contributed by atoms with E-state index in [2.05, 4.69) is 12.2 Å². The maximum Gasteiger partial charge on any atom is 0.223 e. The van der Waals surface area contributed by atoms with Crippen molar-refractivity contribution in [1.82, 2.24) is 5.32 Å². The average Bonchev–Trinajstić information content (AvgIpc) is 2.36. The largest absolute Gasteiger partial charge is 0.391 e. The van der Waals surface area contributed by atoms with Crippen molar-refractivity contribution in [3.8, 4) is 0 Å². The molecule has 0 unspecified atom stereocenters. The van der Waals surface area contributed by atoms with Gasteiger partial charge in [-0.05, 0) is 45.4 Å². The molecule has 1 amide bonds. The number of nitrogens with two attached hydrogens (primary N) is 1. The van der Waals surface area contributed by atoms with Crippen LogP contribution in [0.15, 0.2) is 0 Å². The van der Waals surface area contributed by atoms with Crippen LogP contribution in [0, 0.1) is 11.8 Å². The Balaban J connectivity index is 2.39. The number of nitrogens with one attached hydrogen (secondary N) is 1. The summed E-state index contributed by atoms with van der Waals surface area (Å²) in [7, 11) is 0. The monoisotopic (exact) mass is 284 g/mol. The van der Waals surface area contributed by atoms with E-state index in [0.29, 0.717) is 4.99 Å². The van der Waals surface area contributed by atoms with Gasteiger partial charge in [0.1, 0.15) is 0 Å². The SMILES string of the molecule is CCCCC1CCC(C(=O)NC(C)(C)C(N)=S)CC1. The first-order valence-corrected chi connectivity index (χ1v) is 7.89. The van der Waals surface area contributed by atoms with Crippen LogP contribution in [-0.4, -0.2) is 16.4 Å². The highest BCUT2D eigenvalue weighted by atomic mass is 32.1. The molecule has 0 aromatic rings. The summed E-state index contributed by atoms with van der Waals surface area (Å²) in [5.74, 6) is 1.09. The highest BCUT2D eigenvalue weighted by molar-refractivity contribution is 7.80. The molecule has 1 fully saturated rings. The molecule has 0 aromatic heterocycles. The van der Waals surface area contributed by atoms with Gasteiger partial charge in [0, 0.05) is 5.92 Å². The number of rotatable bonds is 6. The van der Waals surface area contributed by atoms with Gasteiger partial charge in [-0.25, -0.2) is 0 Å². The summed E-state index contributed by atoms with van der Waals surface area (Å²) in [4.78, 5) is 12.6. The predicted octanol–water partition coefficient (Wildman–Crippen LogP) is 3.16. The van der Waals surface area contributed by atoms with Crippen LogP contribution in [0.2, 0.25) is 0 Å². The van der Waals surface area contributed by atoms with Crippen molar-refractivity contribution in [2.45, 2.75) is 71.3 Å². The first kappa shape index (κ1) is 16.4. The number of thiocarbonyl (C=S) groups is 1. The zero-order valence-corrected chi connectivity index (χ0v) is 13.3. The Morgan fingerprint density at radius 1 is 1.32 bits per heavy atom. The molecule has 0 aromatic carbocycles. The Labute approximate surface area is 122 Å². The molecule has 19 heavy (non-hydrogen) atoms. The van der Waals surface area contributed by atoms with Gasteiger partial charge in [0.25, 0.3) is 0 Å². The molecule has 0 heterocycles. The minimum Gasteiger partial charge on any atom is -0.391 e. The van der Waals surface area contributed by atoms with Gasteiger partial charge < -0.3 is 11.1 Å². The highest BCUT2D eigenvalue weighted by Gasteiger charge is 2.30. The zero-order chi connectivity index (χ0) is 14.5. The molecule has 1 rings (SSSR count). The van der Waals surface area contributed by atoms with Crippen molar-refractivity contribution < 1.29 is 4.79 Å². The second-order valence-corrected chi connectivity index (χ2v) is 6.78. The molecule has 0 radical (unpaired) electrons. The number of carbonyl (C=O) groups excluding carboxylic acids is 1. The molecular formula is C15H28N2OS. The van der Waals surface area contributed by atoms with E-state index in [-0.39, 0.29) is 11.8 Å². The van der Waals surface area contributed by atoms with Gasteiger partial charge >= 0.3 is 0 Å². The summed E-state index contributed by atoms with van der Waals surface area (Å²) in [6, 6.07) is 0. The zero-order valence-electron chi connectivity index (χ0n) is 12.5. The van der Waals surface area contributed by atoms with Crippen molar-refractivity contribution in [2.24, 2.45) is 17.6 Å². The Hall–Kier alpha value is -0.640. The summed E-state index contributed by atoms with van der Waals surface area (Å²) in [5, 5.41) is 2.98. The maximum absolute atomic E-state index is 12.2. The molecule has 3 N–H and O–H groups in total. The topological polar surface area (TPSA) is 55.1 Å². The molecular weight excluding hydrogens is 256 g/mol. The number of hydrogen-bond acceptors (Lipinski definition) is 2. The fourth-order valence-electron chi connectivity index (χ4n) is 2.68. The molecule has 110 valence electrons. The number of carbonyl (C=O) groups is 1. The quantitative estimate of drug-likeness (QED) is 0.737. The average molecular weight is 284 g/mol. The van der Waals surface area contributed by atoms with Gasteiger partial charge in [0.2, 0.25) is 5.91 Å². The number of amides is 1. The normalized spacial score (nSPS) is 23.9. The van der Waals surface area contributed by atoms with E-state index < -0.39 is 5.54 Å². The van der Waals surface area contributed by atoms with Crippen LogP contribution in [0.25, 0.3) is 0 Å². The van der Waals surface area contributed by atoms with E-state index in [0.717, 1.165) is 18.8 Å². The summed E-state index contributed by atoms with van der Waals surface area (Å²) in [6.45, 7) is 5.96. The fraction of sp³-hybridized carbons (Fsp3) is 0.867. The lowest BCUT2D eigenvalue weighted by Crippen LogP contribution is -2.54. The maximum atomic E-state index is 12.2. The lowest BCUT2D eigenvalue weighted by atomic mass is 9.79. The van der Waals surface area contributed by atoms with Crippen LogP contribution in [0.1, 0.15) is 65.7 Å². The third-order valence-electron chi connectivity index (χ3n) is 4.24. The van der Waals surface area contributed by atoms with Crippen molar-refractivity contribution >= 4 is 23.1 Å². The summed E-state index contributed by atoms with van der Waals surface area (Å²) in [6.07, 6.45) is 8.29. The first-order chi connectivity index (χ1) is 8.86. The molecule has 1 saturated carbocycles. The van der Waals surface area contributed by atoms with Gasteiger partial charge in [-0.15, -0.1) is 0 Å². The second-order valence-electron chi connectivity index (χ2n) is 6.34. The Morgan fingerprint density at radius 3 is 2.37 bits per heavy atom. The first-order valence-electron chi connectivity index (χ1n) is 7.48. The third kappa shape index (κ3) is 5.09. The van der Waals surface area contributed by atoms with Crippen LogP contribution in [-0.2, 0) is 4.79 Å². The van der Waals surface area contributed by atoms with Crippen molar-refractivity contribution in [3.63, 3.8) is 0 Å². The molecule has 0 atom stereocenters. The van der Waals surface area contributed by atoms with Crippen molar-refractivity contribution in [2.75, 3.05) is 0 Å². The molecule has 0 bridgehead atoms. The van der Waals surface area contributed by atoms with Crippen LogP contribution < -0.4 is 11.1 Å². The van der Waals surface area contributed by atoms with Crippen LogP contribution in [0.5, 0.6) is 0 Å². The molecule has 0 aliphatic heterocycles. The van der Waals surface area contributed by atoms with Gasteiger partial charge in [-0.3, -0.25) is 4.79 Å². The van der Waals surface area contributed by atoms with Crippen LogP contribution in [0.3, 0.4) is 0 Å². The minimum absolute atomic E-state index is 0.117. The van der Waals surface area contributed by atoms with Crippen molar-refractivity contribution in [3.05, 3.63) is 0 Å². The Bertz CT molecular complexity index is 320. The van der Waals surface area contributed by atoms with E-state index in [4.69, 9.17) is 18.0 Å². The Kier molecular flexibility index (Phi) is 6.24. The van der Waals surface area contributed by atoms with Crippen LogP contribution >= 0.6 is 12.2 Å². The van der Waals surface area contributed by atoms with Gasteiger partial charge in [0.15, 0.2) is 0 Å². The second kappa shape index (κ2) is 7.22. The number of hydrogen-bond donors (Lipinski definition) is 2. The van der Waals surface area contributed by atoms with E-state index in [9.17, 15) is 4.79 Å². The van der Waals surface area contributed by atoms with Gasteiger partial charge in [0.05, 0.1) is 10.5 Å². The fourth-order valence-corrected chi connectivity index (χ4v) is 2.73. The van der Waals surface area contributed by atoms with Gasteiger partial charge in [-0.1, -0.05) is 38.4 Å². The van der Waals surface area contributed by atoms with Crippen molar-refractivity contribution in [1.29, 1.82) is 0 Å². The molecule has 3 nitrogen and oxygen atoms in total. The third-order valence-corrected chi connectivity index (χ3v) is 4.75. The lowest BCUT2D eigenvalue weighted by Gasteiger charge is -2.31. The van der Waals surface area contributed by atoms with E-state index in [1.54, 1.807) is 0 Å². The van der Waals surface area contributed by atoms with E-state index >= 15 is 0 Å². The predicted molar refractivity (Wildman–Crippen MR) is 84.0 cm³/mol. The van der Waals surface area contributed by atoms with E-state index in [1.807, 2.05) is 13.8 Å². The molecule has 0 spiro atoms. The molecule has 4 heteroatoms. The standard InChI is InChI=1S/C15H28N2OS/c1-4-5-6-11-7-9-12(10-8-11)13(18)17-15(2,3)14(16)19/h11-12H,4-10H2,1-3H3,(H2,16,19)(H,17,18). The Morgan fingerprint density at radius 2 is 1.89 bits per heavy atom. The van der Waals surface area contributed by atoms with Gasteiger partial charge in [-0.2, -0.15) is 0 Å². The summed E-state index contributed by atoms with van der Waals surface area (Å²) >= 11 is 4.98. The smallest absolute Gasteiger partial charge is 0.223 e. The summed E-state index contributed by atoms with van der Waals surface area (Å²) in [5.41, 5.74) is 5.06. The molecule has 1 aliphatic rings. The lowest BCUT2D eigenvalue weighted by molar-refractivity contribution is -0.127. The molecule has 0 saturated heterocycles. The number of unbranched alkanes of at least 4 members (excludes halogenated alkanes) is 1. The highest BCUT2D eigenvalue weighted by Crippen LogP contribution is 2.32.